The predicted molar refractivity (Wildman–Crippen MR) is 57.5 cm³/mol. The molecule has 1 heterocycles. The van der Waals surface area contributed by atoms with E-state index >= 15 is 0 Å². The second-order valence-corrected chi connectivity index (χ2v) is 4.93. The number of ether oxygens (including phenoxy) is 2. The van der Waals surface area contributed by atoms with E-state index in [1.54, 1.807) is 0 Å². The van der Waals surface area contributed by atoms with Crippen molar-refractivity contribution in [2.24, 2.45) is 5.92 Å². The fourth-order valence-corrected chi connectivity index (χ4v) is 2.61. The molecule has 2 atom stereocenters. The summed E-state index contributed by atoms with van der Waals surface area (Å²) in [7, 11) is 1.44. The normalized spacial score (nSPS) is 24.3. The molecular weight excluding hydrogens is 200 g/mol. The second kappa shape index (κ2) is 6.30. The van der Waals surface area contributed by atoms with Crippen LogP contribution in [0.2, 0.25) is 0 Å². The van der Waals surface area contributed by atoms with Crippen molar-refractivity contribution < 1.29 is 14.3 Å². The van der Waals surface area contributed by atoms with Gasteiger partial charge in [0.05, 0.1) is 19.6 Å². The van der Waals surface area contributed by atoms with Gasteiger partial charge >= 0.3 is 5.97 Å². The first-order valence-corrected chi connectivity index (χ1v) is 6.06. The zero-order chi connectivity index (χ0) is 10.4. The van der Waals surface area contributed by atoms with E-state index in [-0.39, 0.29) is 11.9 Å². The minimum absolute atomic E-state index is 0.00748. The third-order valence-electron chi connectivity index (χ3n) is 2.30. The number of methoxy groups -OCH3 is 1. The molecule has 0 aliphatic carbocycles. The van der Waals surface area contributed by atoms with E-state index in [1.807, 2.05) is 18.7 Å². The summed E-state index contributed by atoms with van der Waals surface area (Å²) in [6.07, 6.45) is 2.35. The van der Waals surface area contributed by atoms with Crippen molar-refractivity contribution in [2.45, 2.75) is 25.0 Å². The van der Waals surface area contributed by atoms with Crippen LogP contribution in [0.5, 0.6) is 0 Å². The van der Waals surface area contributed by atoms with E-state index < -0.39 is 0 Å². The number of rotatable bonds is 4. The second-order valence-electron chi connectivity index (χ2n) is 3.60. The summed E-state index contributed by atoms with van der Waals surface area (Å²) < 4.78 is 10.0. The summed E-state index contributed by atoms with van der Waals surface area (Å²) in [5.41, 5.74) is 0. The van der Waals surface area contributed by atoms with Crippen LogP contribution in [0.15, 0.2) is 0 Å². The van der Waals surface area contributed by atoms with Gasteiger partial charge in [0, 0.05) is 17.6 Å². The van der Waals surface area contributed by atoms with E-state index in [1.165, 1.54) is 13.5 Å². The Bertz CT molecular complexity index is 178. The summed E-state index contributed by atoms with van der Waals surface area (Å²) in [5.74, 6) is 0.710. The molecule has 2 unspecified atom stereocenters. The average Bonchev–Trinajstić information content (AvgIpc) is 2.26. The fraction of sp³-hybridized carbons (Fsp3) is 0.900. The highest BCUT2D eigenvalue weighted by molar-refractivity contribution is 7.99. The highest BCUT2D eigenvalue weighted by atomic mass is 32.2. The summed E-state index contributed by atoms with van der Waals surface area (Å²) in [6, 6.07) is 0. The molecule has 0 aromatic heterocycles. The molecule has 4 heteroatoms. The molecule has 0 spiro atoms. The maximum atomic E-state index is 11.1. The van der Waals surface area contributed by atoms with Gasteiger partial charge in [0.2, 0.25) is 0 Å². The van der Waals surface area contributed by atoms with E-state index in [0.29, 0.717) is 5.25 Å². The quantitative estimate of drug-likeness (QED) is 0.673. The molecule has 1 rings (SSSR count). The summed E-state index contributed by atoms with van der Waals surface area (Å²) in [5, 5.41) is 0.566. The zero-order valence-corrected chi connectivity index (χ0v) is 9.64. The minimum atomic E-state index is -0.116. The first-order valence-electron chi connectivity index (χ1n) is 5.01. The molecule has 0 aromatic rings. The Morgan fingerprint density at radius 1 is 1.71 bits per heavy atom. The monoisotopic (exact) mass is 218 g/mol. The molecule has 1 saturated heterocycles. The van der Waals surface area contributed by atoms with Crippen molar-refractivity contribution in [3.8, 4) is 0 Å². The van der Waals surface area contributed by atoms with Gasteiger partial charge in [0.1, 0.15) is 0 Å². The lowest BCUT2D eigenvalue weighted by Crippen LogP contribution is -2.22. The number of thioether (sulfide) groups is 1. The Morgan fingerprint density at radius 3 is 3.07 bits per heavy atom. The van der Waals surface area contributed by atoms with Crippen LogP contribution in [0.4, 0.5) is 0 Å². The SMILES string of the molecule is COC(=O)C(C)CSC1CCCOC1. The smallest absolute Gasteiger partial charge is 0.309 e. The molecule has 0 radical (unpaired) electrons. The molecule has 14 heavy (non-hydrogen) atoms. The topological polar surface area (TPSA) is 35.5 Å². The van der Waals surface area contributed by atoms with Gasteiger partial charge in [0.15, 0.2) is 0 Å². The Kier molecular flexibility index (Phi) is 5.33. The van der Waals surface area contributed by atoms with Crippen LogP contribution >= 0.6 is 11.8 Å². The number of hydrogen-bond acceptors (Lipinski definition) is 4. The molecule has 0 bridgehead atoms. The largest absolute Gasteiger partial charge is 0.469 e. The van der Waals surface area contributed by atoms with Crippen LogP contribution in [0.25, 0.3) is 0 Å². The van der Waals surface area contributed by atoms with Gasteiger partial charge in [-0.1, -0.05) is 6.92 Å². The molecule has 0 amide bonds. The molecule has 1 fully saturated rings. The van der Waals surface area contributed by atoms with Gasteiger partial charge in [-0.3, -0.25) is 4.79 Å². The molecule has 0 saturated carbocycles. The standard InChI is InChI=1S/C10H18O3S/c1-8(10(11)12-2)7-14-9-4-3-5-13-6-9/h8-9H,3-7H2,1-2H3. The third kappa shape index (κ3) is 3.88. The highest BCUT2D eigenvalue weighted by Gasteiger charge is 2.18. The molecule has 1 aliphatic rings. The lowest BCUT2D eigenvalue weighted by atomic mass is 10.2. The zero-order valence-electron chi connectivity index (χ0n) is 8.82. The van der Waals surface area contributed by atoms with E-state index in [9.17, 15) is 4.79 Å². The Balaban J connectivity index is 2.15. The van der Waals surface area contributed by atoms with E-state index in [2.05, 4.69) is 4.74 Å². The summed E-state index contributed by atoms with van der Waals surface area (Å²) in [4.78, 5) is 11.1. The lowest BCUT2D eigenvalue weighted by molar-refractivity contribution is -0.144. The Hall–Kier alpha value is -0.220. The van der Waals surface area contributed by atoms with Gasteiger partial charge < -0.3 is 9.47 Å². The summed E-state index contributed by atoms with van der Waals surface area (Å²) in [6.45, 7) is 3.63. The molecule has 82 valence electrons. The van der Waals surface area contributed by atoms with Crippen molar-refractivity contribution in [2.75, 3.05) is 26.1 Å². The van der Waals surface area contributed by atoms with Crippen LogP contribution in [-0.4, -0.2) is 37.3 Å². The number of carbonyl (C=O) groups excluding carboxylic acids is 1. The van der Waals surface area contributed by atoms with Crippen molar-refractivity contribution in [1.82, 2.24) is 0 Å². The van der Waals surface area contributed by atoms with Crippen LogP contribution in [-0.2, 0) is 14.3 Å². The first-order chi connectivity index (χ1) is 6.74. The van der Waals surface area contributed by atoms with Crippen LogP contribution in [0, 0.1) is 5.92 Å². The number of esters is 1. The van der Waals surface area contributed by atoms with E-state index in [0.717, 1.165) is 25.4 Å². The Labute approximate surface area is 89.5 Å². The van der Waals surface area contributed by atoms with Gasteiger partial charge in [-0.05, 0) is 12.8 Å². The van der Waals surface area contributed by atoms with Crippen LogP contribution < -0.4 is 0 Å². The van der Waals surface area contributed by atoms with Gasteiger partial charge in [-0.15, -0.1) is 0 Å². The molecule has 0 aromatic carbocycles. The average molecular weight is 218 g/mol. The van der Waals surface area contributed by atoms with Crippen molar-refractivity contribution in [1.29, 1.82) is 0 Å². The number of carbonyl (C=O) groups is 1. The van der Waals surface area contributed by atoms with Crippen LogP contribution in [0.1, 0.15) is 19.8 Å². The van der Waals surface area contributed by atoms with E-state index in [4.69, 9.17) is 4.74 Å². The maximum absolute atomic E-state index is 11.1. The fourth-order valence-electron chi connectivity index (χ4n) is 1.39. The number of hydrogen-bond donors (Lipinski definition) is 0. The molecular formula is C10H18O3S. The molecule has 0 N–H and O–H groups in total. The van der Waals surface area contributed by atoms with Crippen LogP contribution in [0.3, 0.4) is 0 Å². The van der Waals surface area contributed by atoms with Crippen molar-refractivity contribution >= 4 is 17.7 Å². The predicted octanol–water partition coefficient (Wildman–Crippen LogP) is 1.71. The molecule has 1 aliphatic heterocycles. The van der Waals surface area contributed by atoms with Gasteiger partial charge in [-0.25, -0.2) is 0 Å². The third-order valence-corrected chi connectivity index (χ3v) is 3.84. The maximum Gasteiger partial charge on any atom is 0.309 e. The Morgan fingerprint density at radius 2 is 2.50 bits per heavy atom. The highest BCUT2D eigenvalue weighted by Crippen LogP contribution is 2.23. The van der Waals surface area contributed by atoms with Crippen molar-refractivity contribution in [3.63, 3.8) is 0 Å². The molecule has 3 nitrogen and oxygen atoms in total. The van der Waals surface area contributed by atoms with Gasteiger partial charge in [-0.2, -0.15) is 11.8 Å². The van der Waals surface area contributed by atoms with Crippen molar-refractivity contribution in [3.05, 3.63) is 0 Å². The summed E-state index contributed by atoms with van der Waals surface area (Å²) >= 11 is 1.82. The lowest BCUT2D eigenvalue weighted by Gasteiger charge is -2.22. The first kappa shape index (κ1) is 11.9. The van der Waals surface area contributed by atoms with Gasteiger partial charge in [0.25, 0.3) is 0 Å². The minimum Gasteiger partial charge on any atom is -0.469 e.